The largest absolute Gasteiger partial charge is 0.756 e. The van der Waals surface area contributed by atoms with Crippen molar-refractivity contribution in [1.82, 2.24) is 0 Å². The number of allylic oxidation sites excluding steroid dienone is 6. The van der Waals surface area contributed by atoms with Crippen LogP contribution >= 0.6 is 7.82 Å². The number of quaternary nitrogens is 1. The third kappa shape index (κ3) is 41.9. The third-order valence-electron chi connectivity index (χ3n) is 9.63. The van der Waals surface area contributed by atoms with Crippen LogP contribution in [-0.2, 0) is 32.7 Å². The highest BCUT2D eigenvalue weighted by Gasteiger charge is 2.21. The summed E-state index contributed by atoms with van der Waals surface area (Å²) < 4.78 is 33.9. The van der Waals surface area contributed by atoms with E-state index in [0.717, 1.165) is 44.9 Å². The lowest BCUT2D eigenvalue weighted by atomic mass is 10.1. The van der Waals surface area contributed by atoms with Crippen molar-refractivity contribution in [3.63, 3.8) is 0 Å². The van der Waals surface area contributed by atoms with Gasteiger partial charge in [-0.15, -0.1) is 0 Å². The molecule has 0 amide bonds. The lowest BCUT2D eigenvalue weighted by molar-refractivity contribution is -0.870. The van der Waals surface area contributed by atoms with Crippen LogP contribution in [0, 0.1) is 0 Å². The van der Waals surface area contributed by atoms with Crippen LogP contribution in [0.1, 0.15) is 194 Å². The molecular weight excluding hydrogens is 725 g/mol. The monoisotopic (exact) mass is 812 g/mol. The molecule has 0 rings (SSSR count). The second-order valence-corrected chi connectivity index (χ2v) is 17.8. The van der Waals surface area contributed by atoms with E-state index < -0.39 is 32.5 Å². The Kier molecular flexibility index (Phi) is 37.5. The number of hydrogen-bond donors (Lipinski definition) is 0. The van der Waals surface area contributed by atoms with Crippen LogP contribution in [-0.4, -0.2) is 70.0 Å². The van der Waals surface area contributed by atoms with Gasteiger partial charge in [-0.2, -0.15) is 0 Å². The number of phosphoric acid groups is 1. The van der Waals surface area contributed by atoms with Crippen molar-refractivity contribution < 1.29 is 42.1 Å². The van der Waals surface area contributed by atoms with Gasteiger partial charge in [0.05, 0.1) is 27.7 Å². The highest BCUT2D eigenvalue weighted by Crippen LogP contribution is 2.38. The number of hydrogen-bond acceptors (Lipinski definition) is 8. The number of ether oxygens (including phenoxy) is 2. The molecule has 0 aromatic heterocycles. The molecule has 0 saturated carbocycles. The summed E-state index contributed by atoms with van der Waals surface area (Å²) in [5, 5.41) is 0. The van der Waals surface area contributed by atoms with E-state index in [1.165, 1.54) is 109 Å². The topological polar surface area (TPSA) is 111 Å². The van der Waals surface area contributed by atoms with Crippen LogP contribution in [0.4, 0.5) is 0 Å². The quantitative estimate of drug-likeness (QED) is 0.0197. The minimum absolute atomic E-state index is 0.0359. The molecule has 0 aromatic carbocycles. The van der Waals surface area contributed by atoms with Gasteiger partial charge in [-0.1, -0.05) is 147 Å². The van der Waals surface area contributed by atoms with Crippen LogP contribution in [0.3, 0.4) is 0 Å². The summed E-state index contributed by atoms with van der Waals surface area (Å²) in [5.74, 6) is -0.873. The van der Waals surface area contributed by atoms with E-state index >= 15 is 0 Å². The number of carbonyl (C=O) groups excluding carboxylic acids is 2. The maximum atomic E-state index is 12.7. The molecule has 0 saturated heterocycles. The SMILES string of the molecule is CCCCCC/C=C/CCCCCCCCCCCC(=O)O[C@H](COC(=O)CCCC/C=C/C/C=C/CCCCCCCC)COP(=O)([O-])OCC[N+](C)(C)C. The lowest BCUT2D eigenvalue weighted by Gasteiger charge is -2.28. The molecular formula is C46H86NO8P. The fourth-order valence-electron chi connectivity index (χ4n) is 6.03. The van der Waals surface area contributed by atoms with Crippen molar-refractivity contribution >= 4 is 19.8 Å². The fourth-order valence-corrected chi connectivity index (χ4v) is 6.76. The Hall–Kier alpha value is -1.77. The van der Waals surface area contributed by atoms with Gasteiger partial charge in [0.2, 0.25) is 0 Å². The number of unbranched alkanes of at least 4 members (excludes halogenated alkanes) is 21. The van der Waals surface area contributed by atoms with Crippen LogP contribution in [0.5, 0.6) is 0 Å². The second-order valence-electron chi connectivity index (χ2n) is 16.4. The standard InChI is InChI=1S/C46H86NO8P/c1-6-8-10-12-14-16-18-20-22-23-25-27-29-31-33-35-37-39-46(49)55-44(43-54-56(50,51)53-41-40-47(3,4)5)42-52-45(48)38-36-34-32-30-28-26-24-21-19-17-15-13-11-9-7-2/h16,18,21,24,28,30,44H,6-15,17,19-20,22-23,25-27,29,31-43H2,1-5H3/b18-16+,24-21+,30-28+/t44-/m1/s1. The summed E-state index contributed by atoms with van der Waals surface area (Å²) in [5.41, 5.74) is 0. The van der Waals surface area contributed by atoms with Gasteiger partial charge in [-0.3, -0.25) is 14.2 Å². The van der Waals surface area contributed by atoms with Crippen molar-refractivity contribution in [2.75, 3.05) is 47.5 Å². The molecule has 10 heteroatoms. The zero-order chi connectivity index (χ0) is 41.4. The van der Waals surface area contributed by atoms with Gasteiger partial charge in [0.25, 0.3) is 7.82 Å². The maximum absolute atomic E-state index is 12.7. The van der Waals surface area contributed by atoms with Gasteiger partial charge in [-0.25, -0.2) is 0 Å². The van der Waals surface area contributed by atoms with Gasteiger partial charge in [0, 0.05) is 12.8 Å². The maximum Gasteiger partial charge on any atom is 0.306 e. The van der Waals surface area contributed by atoms with Gasteiger partial charge in [0.1, 0.15) is 19.8 Å². The average Bonchev–Trinajstić information content (AvgIpc) is 3.15. The first-order valence-electron chi connectivity index (χ1n) is 22.7. The molecule has 1 unspecified atom stereocenters. The van der Waals surface area contributed by atoms with E-state index in [0.29, 0.717) is 23.9 Å². The van der Waals surface area contributed by atoms with E-state index in [2.05, 4.69) is 50.3 Å². The van der Waals surface area contributed by atoms with E-state index in [4.69, 9.17) is 18.5 Å². The highest BCUT2D eigenvalue weighted by molar-refractivity contribution is 7.45. The molecule has 0 spiro atoms. The van der Waals surface area contributed by atoms with Crippen LogP contribution in [0.2, 0.25) is 0 Å². The molecule has 56 heavy (non-hydrogen) atoms. The molecule has 2 atom stereocenters. The molecule has 0 aliphatic rings. The number of carbonyl (C=O) groups is 2. The Labute approximate surface area is 344 Å². The Morgan fingerprint density at radius 3 is 1.48 bits per heavy atom. The van der Waals surface area contributed by atoms with Crippen LogP contribution in [0.25, 0.3) is 0 Å². The number of esters is 2. The molecule has 0 fully saturated rings. The molecule has 0 radical (unpaired) electrons. The minimum Gasteiger partial charge on any atom is -0.756 e. The molecule has 9 nitrogen and oxygen atoms in total. The first kappa shape index (κ1) is 54.2. The van der Waals surface area contributed by atoms with Crippen molar-refractivity contribution in [3.05, 3.63) is 36.5 Å². The van der Waals surface area contributed by atoms with E-state index in [1.807, 2.05) is 21.1 Å². The first-order valence-corrected chi connectivity index (χ1v) is 24.2. The zero-order valence-electron chi connectivity index (χ0n) is 36.8. The van der Waals surface area contributed by atoms with Crippen molar-refractivity contribution in [2.45, 2.75) is 200 Å². The summed E-state index contributed by atoms with van der Waals surface area (Å²) in [7, 11) is 1.15. The van der Waals surface area contributed by atoms with Crippen LogP contribution in [0.15, 0.2) is 36.5 Å². The van der Waals surface area contributed by atoms with Gasteiger partial charge in [-0.05, 0) is 70.6 Å². The van der Waals surface area contributed by atoms with E-state index in [9.17, 15) is 19.0 Å². The summed E-state index contributed by atoms with van der Waals surface area (Å²) in [6.45, 7) is 4.17. The van der Waals surface area contributed by atoms with Crippen molar-refractivity contribution in [3.8, 4) is 0 Å². The predicted octanol–water partition coefficient (Wildman–Crippen LogP) is 12.3. The van der Waals surface area contributed by atoms with Gasteiger partial charge < -0.3 is 27.9 Å². The Bertz CT molecular complexity index is 1050. The van der Waals surface area contributed by atoms with Crippen molar-refractivity contribution in [1.29, 1.82) is 0 Å². The predicted molar refractivity (Wildman–Crippen MR) is 231 cm³/mol. The minimum atomic E-state index is -4.63. The van der Waals surface area contributed by atoms with Crippen LogP contribution < -0.4 is 4.89 Å². The second kappa shape index (κ2) is 38.7. The number of likely N-dealkylation sites (N-methyl/N-ethyl adjacent to an activating group) is 1. The highest BCUT2D eigenvalue weighted by atomic mass is 31.2. The van der Waals surface area contributed by atoms with Gasteiger partial charge in [0.15, 0.2) is 6.10 Å². The summed E-state index contributed by atoms with van der Waals surface area (Å²) >= 11 is 0. The number of rotatable bonds is 41. The Morgan fingerprint density at radius 2 is 0.964 bits per heavy atom. The number of phosphoric ester groups is 1. The smallest absolute Gasteiger partial charge is 0.306 e. The molecule has 0 aromatic rings. The molecule has 328 valence electrons. The molecule has 0 aliphatic carbocycles. The summed E-state index contributed by atoms with van der Waals surface area (Å²) in [4.78, 5) is 37.5. The lowest BCUT2D eigenvalue weighted by Crippen LogP contribution is -2.37. The molecule has 0 N–H and O–H groups in total. The third-order valence-corrected chi connectivity index (χ3v) is 10.6. The zero-order valence-corrected chi connectivity index (χ0v) is 37.7. The molecule has 0 bridgehead atoms. The molecule has 0 aliphatic heterocycles. The molecule has 0 heterocycles. The Morgan fingerprint density at radius 1 is 0.554 bits per heavy atom. The summed E-state index contributed by atoms with van der Waals surface area (Å²) in [6, 6.07) is 0. The van der Waals surface area contributed by atoms with Gasteiger partial charge >= 0.3 is 11.9 Å². The fraction of sp³-hybridized carbons (Fsp3) is 0.826. The van der Waals surface area contributed by atoms with E-state index in [-0.39, 0.29) is 26.1 Å². The normalized spacial score (nSPS) is 13.9. The Balaban J connectivity index is 4.38. The average molecular weight is 812 g/mol. The summed E-state index contributed by atoms with van der Waals surface area (Å²) in [6.07, 6.45) is 43.1. The van der Waals surface area contributed by atoms with E-state index in [1.54, 1.807) is 0 Å². The first-order chi connectivity index (χ1) is 27.0. The van der Waals surface area contributed by atoms with Crippen molar-refractivity contribution in [2.24, 2.45) is 0 Å². The number of nitrogens with zero attached hydrogens (tertiary/aromatic N) is 1.